The fraction of sp³-hybridized carbons (Fsp3) is 0.875. The molecule has 1 heterocycles. The van der Waals surface area contributed by atoms with Gasteiger partial charge in [0.05, 0.1) is 0 Å². The molecule has 1 N–H and O–H groups in total. The number of rotatable bonds is 0. The van der Waals surface area contributed by atoms with Crippen molar-refractivity contribution in [3.63, 3.8) is 0 Å². The second-order valence-electron chi connectivity index (χ2n) is 3.45. The zero-order valence-electron chi connectivity index (χ0n) is 7.08. The van der Waals surface area contributed by atoms with Gasteiger partial charge in [0.25, 0.3) is 0 Å². The molecule has 0 aromatic carbocycles. The minimum absolute atomic E-state index is 0.205. The van der Waals surface area contributed by atoms with Crippen molar-refractivity contribution in [2.75, 3.05) is 6.54 Å². The first-order valence-corrected chi connectivity index (χ1v) is 4.11. The van der Waals surface area contributed by atoms with E-state index in [0.29, 0.717) is 12.5 Å². The normalized spacial score (nSPS) is 32.0. The van der Waals surface area contributed by atoms with Gasteiger partial charge in [0.1, 0.15) is 0 Å². The molecule has 1 aliphatic rings. The van der Waals surface area contributed by atoms with Gasteiger partial charge in [0, 0.05) is 12.6 Å². The molecule has 1 amide bonds. The molecule has 0 unspecified atom stereocenters. The number of likely N-dealkylation sites (tertiary alicyclic amines) is 1. The van der Waals surface area contributed by atoms with Crippen LogP contribution in [0.25, 0.3) is 0 Å². The topological polar surface area (TPSA) is 40.5 Å². The van der Waals surface area contributed by atoms with Crippen LogP contribution in [-0.4, -0.2) is 28.7 Å². The van der Waals surface area contributed by atoms with E-state index in [1.807, 2.05) is 6.92 Å². The second kappa shape index (κ2) is 3.11. The standard InChI is InChI=1S/C8H15NO2/c1-6-3-4-9(8(10)11)7(2)5-6/h6-7H,3-5H2,1-2H3,(H,10,11)/t6-,7+/m1/s1. The Kier molecular flexibility index (Phi) is 2.37. The largest absolute Gasteiger partial charge is 0.465 e. The van der Waals surface area contributed by atoms with Crippen molar-refractivity contribution in [2.24, 2.45) is 5.92 Å². The van der Waals surface area contributed by atoms with Gasteiger partial charge < -0.3 is 10.0 Å². The molecule has 0 bridgehead atoms. The molecule has 3 heteroatoms. The molecular formula is C8H15NO2. The van der Waals surface area contributed by atoms with Gasteiger partial charge >= 0.3 is 6.09 Å². The van der Waals surface area contributed by atoms with Gasteiger partial charge in [-0.3, -0.25) is 0 Å². The molecule has 1 fully saturated rings. The lowest BCUT2D eigenvalue weighted by atomic mass is 9.94. The maximum absolute atomic E-state index is 10.6. The number of hydrogen-bond donors (Lipinski definition) is 1. The minimum Gasteiger partial charge on any atom is -0.465 e. The number of carbonyl (C=O) groups is 1. The molecule has 0 aromatic rings. The fourth-order valence-electron chi connectivity index (χ4n) is 1.69. The third-order valence-electron chi connectivity index (χ3n) is 2.38. The van der Waals surface area contributed by atoms with E-state index in [1.54, 1.807) is 0 Å². The first-order chi connectivity index (χ1) is 5.11. The highest BCUT2D eigenvalue weighted by Crippen LogP contribution is 2.21. The Morgan fingerprint density at radius 1 is 1.55 bits per heavy atom. The van der Waals surface area contributed by atoms with Crippen LogP contribution in [0.5, 0.6) is 0 Å². The molecule has 0 radical (unpaired) electrons. The van der Waals surface area contributed by atoms with Crippen LogP contribution in [0, 0.1) is 5.92 Å². The lowest BCUT2D eigenvalue weighted by molar-refractivity contribution is 0.0992. The highest BCUT2D eigenvalue weighted by Gasteiger charge is 2.25. The maximum atomic E-state index is 10.6. The van der Waals surface area contributed by atoms with E-state index in [4.69, 9.17) is 5.11 Å². The summed E-state index contributed by atoms with van der Waals surface area (Å²) >= 11 is 0. The van der Waals surface area contributed by atoms with Crippen molar-refractivity contribution in [2.45, 2.75) is 32.7 Å². The zero-order valence-corrected chi connectivity index (χ0v) is 7.08. The molecule has 64 valence electrons. The predicted octanol–water partition coefficient (Wildman–Crippen LogP) is 1.78. The Morgan fingerprint density at radius 3 is 2.64 bits per heavy atom. The molecule has 0 spiro atoms. The van der Waals surface area contributed by atoms with Crippen LogP contribution in [-0.2, 0) is 0 Å². The Hall–Kier alpha value is -0.730. The van der Waals surface area contributed by atoms with Crippen molar-refractivity contribution in [1.29, 1.82) is 0 Å². The van der Waals surface area contributed by atoms with Crippen molar-refractivity contribution < 1.29 is 9.90 Å². The third-order valence-corrected chi connectivity index (χ3v) is 2.38. The van der Waals surface area contributed by atoms with E-state index >= 15 is 0 Å². The lowest BCUT2D eigenvalue weighted by Crippen LogP contribution is -2.43. The summed E-state index contributed by atoms with van der Waals surface area (Å²) in [7, 11) is 0. The number of hydrogen-bond acceptors (Lipinski definition) is 1. The van der Waals surface area contributed by atoms with E-state index < -0.39 is 6.09 Å². The summed E-state index contributed by atoms with van der Waals surface area (Å²) in [5.41, 5.74) is 0. The molecule has 1 aliphatic heterocycles. The fourth-order valence-corrected chi connectivity index (χ4v) is 1.69. The van der Waals surface area contributed by atoms with E-state index in [9.17, 15) is 4.79 Å². The molecule has 2 atom stereocenters. The number of piperidine rings is 1. The van der Waals surface area contributed by atoms with Gasteiger partial charge in [-0.1, -0.05) is 6.92 Å². The number of carboxylic acid groups (broad SMARTS) is 1. The Morgan fingerprint density at radius 2 is 2.18 bits per heavy atom. The van der Waals surface area contributed by atoms with Crippen LogP contribution < -0.4 is 0 Å². The summed E-state index contributed by atoms with van der Waals surface area (Å²) in [6.07, 6.45) is 1.24. The summed E-state index contributed by atoms with van der Waals surface area (Å²) in [4.78, 5) is 12.1. The third kappa shape index (κ3) is 1.85. The Labute approximate surface area is 67.0 Å². The average Bonchev–Trinajstić information content (AvgIpc) is 1.85. The van der Waals surface area contributed by atoms with Crippen LogP contribution in [0.4, 0.5) is 4.79 Å². The summed E-state index contributed by atoms with van der Waals surface area (Å²) < 4.78 is 0. The molecular weight excluding hydrogens is 142 g/mol. The van der Waals surface area contributed by atoms with Crippen molar-refractivity contribution in [1.82, 2.24) is 4.90 Å². The highest BCUT2D eigenvalue weighted by molar-refractivity contribution is 5.65. The molecule has 1 rings (SSSR count). The van der Waals surface area contributed by atoms with E-state index in [2.05, 4.69) is 6.92 Å². The SMILES string of the molecule is C[C@@H]1CCN(C(=O)O)[C@@H](C)C1. The maximum Gasteiger partial charge on any atom is 0.407 e. The highest BCUT2D eigenvalue weighted by atomic mass is 16.4. The van der Waals surface area contributed by atoms with Crippen LogP contribution in [0.3, 0.4) is 0 Å². The van der Waals surface area contributed by atoms with Crippen molar-refractivity contribution in [3.8, 4) is 0 Å². The summed E-state index contributed by atoms with van der Waals surface area (Å²) in [6, 6.07) is 0.205. The predicted molar refractivity (Wildman–Crippen MR) is 42.6 cm³/mol. The van der Waals surface area contributed by atoms with Crippen molar-refractivity contribution in [3.05, 3.63) is 0 Å². The average molecular weight is 157 g/mol. The van der Waals surface area contributed by atoms with Crippen LogP contribution in [0.2, 0.25) is 0 Å². The second-order valence-corrected chi connectivity index (χ2v) is 3.45. The van der Waals surface area contributed by atoms with E-state index in [-0.39, 0.29) is 6.04 Å². The molecule has 3 nitrogen and oxygen atoms in total. The van der Waals surface area contributed by atoms with Gasteiger partial charge in [-0.25, -0.2) is 4.79 Å². The molecule has 1 saturated heterocycles. The molecule has 0 aliphatic carbocycles. The monoisotopic (exact) mass is 157 g/mol. The van der Waals surface area contributed by atoms with Gasteiger partial charge in [-0.05, 0) is 25.7 Å². The minimum atomic E-state index is -0.774. The van der Waals surface area contributed by atoms with Crippen LogP contribution >= 0.6 is 0 Å². The van der Waals surface area contributed by atoms with Gasteiger partial charge in [-0.2, -0.15) is 0 Å². The zero-order chi connectivity index (χ0) is 8.43. The van der Waals surface area contributed by atoms with Crippen molar-refractivity contribution >= 4 is 6.09 Å². The lowest BCUT2D eigenvalue weighted by Gasteiger charge is -2.34. The summed E-state index contributed by atoms with van der Waals surface area (Å²) in [5, 5.41) is 8.72. The van der Waals surface area contributed by atoms with Crippen LogP contribution in [0.1, 0.15) is 26.7 Å². The first kappa shape index (κ1) is 8.37. The van der Waals surface area contributed by atoms with E-state index in [1.165, 1.54) is 4.90 Å². The summed E-state index contributed by atoms with van der Waals surface area (Å²) in [6.45, 7) is 4.86. The Balaban J connectivity index is 2.50. The smallest absolute Gasteiger partial charge is 0.407 e. The molecule has 0 aromatic heterocycles. The van der Waals surface area contributed by atoms with Crippen LogP contribution in [0.15, 0.2) is 0 Å². The van der Waals surface area contributed by atoms with Gasteiger partial charge in [-0.15, -0.1) is 0 Å². The van der Waals surface area contributed by atoms with Gasteiger partial charge in [0.2, 0.25) is 0 Å². The Bertz CT molecular complexity index is 158. The van der Waals surface area contributed by atoms with E-state index in [0.717, 1.165) is 12.8 Å². The molecule has 11 heavy (non-hydrogen) atoms. The van der Waals surface area contributed by atoms with Gasteiger partial charge in [0.15, 0.2) is 0 Å². The number of nitrogens with zero attached hydrogens (tertiary/aromatic N) is 1. The molecule has 0 saturated carbocycles. The summed E-state index contributed by atoms with van der Waals surface area (Å²) in [5.74, 6) is 0.681. The number of amides is 1. The quantitative estimate of drug-likeness (QED) is 0.582. The first-order valence-electron chi connectivity index (χ1n) is 4.11.